The Bertz CT molecular complexity index is 331. The normalized spacial score (nSPS) is 15.5. The highest BCUT2D eigenvalue weighted by Gasteiger charge is 2.19. The highest BCUT2D eigenvalue weighted by Crippen LogP contribution is 2.20. The van der Waals surface area contributed by atoms with Gasteiger partial charge in [0.1, 0.15) is 0 Å². The van der Waals surface area contributed by atoms with Crippen LogP contribution in [0.2, 0.25) is 0 Å². The molecule has 0 aliphatic heterocycles. The first-order chi connectivity index (χ1) is 8.25. The zero-order valence-electron chi connectivity index (χ0n) is 9.96. The van der Waals surface area contributed by atoms with Gasteiger partial charge in [-0.05, 0) is 44.2 Å². The van der Waals surface area contributed by atoms with Gasteiger partial charge in [-0.3, -0.25) is 0 Å². The zero-order chi connectivity index (χ0) is 12.1. The quantitative estimate of drug-likeness (QED) is 0.715. The van der Waals surface area contributed by atoms with Crippen LogP contribution in [0.25, 0.3) is 0 Å². The summed E-state index contributed by atoms with van der Waals surface area (Å²) in [4.78, 5) is 0. The van der Waals surface area contributed by atoms with E-state index in [2.05, 4.69) is 5.32 Å². The smallest absolute Gasteiger partial charge is 0.263 e. The minimum Gasteiger partial charge on any atom is -0.314 e. The molecule has 0 spiro atoms. The average molecular weight is 239 g/mol. The first-order valence-electron chi connectivity index (χ1n) is 6.36. The SMILES string of the molecule is FC(F)c1ccc(CCCCNC2CC2)cc1. The van der Waals surface area contributed by atoms with Crippen molar-refractivity contribution in [3.8, 4) is 0 Å². The van der Waals surface area contributed by atoms with E-state index >= 15 is 0 Å². The largest absolute Gasteiger partial charge is 0.314 e. The maximum atomic E-state index is 12.3. The lowest BCUT2D eigenvalue weighted by Gasteiger charge is -2.04. The van der Waals surface area contributed by atoms with Crippen molar-refractivity contribution in [1.29, 1.82) is 0 Å². The van der Waals surface area contributed by atoms with Crippen LogP contribution in [0.4, 0.5) is 8.78 Å². The van der Waals surface area contributed by atoms with Crippen molar-refractivity contribution in [1.82, 2.24) is 5.32 Å². The fraction of sp³-hybridized carbons (Fsp3) is 0.571. The van der Waals surface area contributed by atoms with Gasteiger partial charge < -0.3 is 5.32 Å². The van der Waals surface area contributed by atoms with Gasteiger partial charge in [-0.25, -0.2) is 8.78 Å². The van der Waals surface area contributed by atoms with Crippen LogP contribution in [0.3, 0.4) is 0 Å². The molecule has 94 valence electrons. The minimum absolute atomic E-state index is 0.115. The molecule has 1 aliphatic carbocycles. The molecule has 1 saturated carbocycles. The van der Waals surface area contributed by atoms with Gasteiger partial charge in [0.2, 0.25) is 0 Å². The molecule has 1 nitrogen and oxygen atoms in total. The lowest BCUT2D eigenvalue weighted by Crippen LogP contribution is -2.17. The second kappa shape index (κ2) is 6.10. The Balaban J connectivity index is 1.63. The molecule has 2 rings (SSSR count). The summed E-state index contributed by atoms with van der Waals surface area (Å²) in [6.45, 7) is 1.08. The molecule has 0 amide bonds. The van der Waals surface area contributed by atoms with Crippen molar-refractivity contribution >= 4 is 0 Å². The number of rotatable bonds is 7. The molecule has 1 fully saturated rings. The van der Waals surface area contributed by atoms with E-state index in [0.29, 0.717) is 0 Å². The van der Waals surface area contributed by atoms with Crippen molar-refractivity contribution in [3.05, 3.63) is 35.4 Å². The van der Waals surface area contributed by atoms with E-state index < -0.39 is 6.43 Å². The standard InChI is InChI=1S/C14H19F2N/c15-14(16)12-6-4-11(5-7-12)3-1-2-10-17-13-8-9-13/h4-7,13-14,17H,1-3,8-10H2. The molecule has 0 radical (unpaired) electrons. The molecule has 0 atom stereocenters. The number of halogens is 2. The number of hydrogen-bond donors (Lipinski definition) is 1. The minimum atomic E-state index is -2.35. The Morgan fingerprint density at radius 1 is 1.12 bits per heavy atom. The van der Waals surface area contributed by atoms with E-state index in [1.807, 2.05) is 12.1 Å². The van der Waals surface area contributed by atoms with Gasteiger partial charge in [0, 0.05) is 11.6 Å². The number of alkyl halides is 2. The van der Waals surface area contributed by atoms with Crippen molar-refractivity contribution in [3.63, 3.8) is 0 Å². The van der Waals surface area contributed by atoms with Crippen LogP contribution in [0, 0.1) is 0 Å². The summed E-state index contributed by atoms with van der Waals surface area (Å²) in [5.74, 6) is 0. The first kappa shape index (κ1) is 12.5. The van der Waals surface area contributed by atoms with Crippen LogP contribution < -0.4 is 5.32 Å². The monoisotopic (exact) mass is 239 g/mol. The summed E-state index contributed by atoms with van der Waals surface area (Å²) in [6, 6.07) is 7.47. The van der Waals surface area contributed by atoms with Crippen molar-refractivity contribution in [2.45, 2.75) is 44.6 Å². The van der Waals surface area contributed by atoms with Crippen molar-refractivity contribution < 1.29 is 8.78 Å². The van der Waals surface area contributed by atoms with E-state index in [4.69, 9.17) is 0 Å². The second-order valence-corrected chi connectivity index (χ2v) is 4.73. The molecule has 1 aromatic carbocycles. The topological polar surface area (TPSA) is 12.0 Å². The van der Waals surface area contributed by atoms with Crippen molar-refractivity contribution in [2.24, 2.45) is 0 Å². The Morgan fingerprint density at radius 2 is 1.82 bits per heavy atom. The average Bonchev–Trinajstić information content (AvgIpc) is 3.13. The lowest BCUT2D eigenvalue weighted by atomic mass is 10.1. The Hall–Kier alpha value is -0.960. The van der Waals surface area contributed by atoms with E-state index in [1.54, 1.807) is 0 Å². The highest BCUT2D eigenvalue weighted by atomic mass is 19.3. The molecular weight excluding hydrogens is 220 g/mol. The third-order valence-electron chi connectivity index (χ3n) is 3.13. The van der Waals surface area contributed by atoms with E-state index in [-0.39, 0.29) is 5.56 Å². The third kappa shape index (κ3) is 4.43. The molecule has 1 N–H and O–H groups in total. The Labute approximate surface area is 101 Å². The summed E-state index contributed by atoms with van der Waals surface area (Å²) in [5.41, 5.74) is 1.27. The maximum absolute atomic E-state index is 12.3. The molecule has 0 bridgehead atoms. The predicted molar refractivity (Wildman–Crippen MR) is 65.4 cm³/mol. The van der Waals surface area contributed by atoms with Gasteiger partial charge >= 0.3 is 0 Å². The molecule has 0 heterocycles. The fourth-order valence-electron chi connectivity index (χ4n) is 1.88. The molecule has 0 saturated heterocycles. The predicted octanol–water partition coefficient (Wildman–Crippen LogP) is 3.70. The van der Waals surface area contributed by atoms with Crippen LogP contribution in [0.5, 0.6) is 0 Å². The van der Waals surface area contributed by atoms with Gasteiger partial charge in [-0.1, -0.05) is 24.3 Å². The van der Waals surface area contributed by atoms with Gasteiger partial charge in [-0.2, -0.15) is 0 Å². The molecule has 0 aromatic heterocycles. The highest BCUT2D eigenvalue weighted by molar-refractivity contribution is 5.23. The fourth-order valence-corrected chi connectivity index (χ4v) is 1.88. The van der Waals surface area contributed by atoms with E-state index in [9.17, 15) is 8.78 Å². The van der Waals surface area contributed by atoms with Gasteiger partial charge in [-0.15, -0.1) is 0 Å². The van der Waals surface area contributed by atoms with Crippen LogP contribution in [-0.2, 0) is 6.42 Å². The van der Waals surface area contributed by atoms with Crippen LogP contribution in [-0.4, -0.2) is 12.6 Å². The van der Waals surface area contributed by atoms with Crippen molar-refractivity contribution in [2.75, 3.05) is 6.54 Å². The molecule has 1 aliphatic rings. The third-order valence-corrected chi connectivity index (χ3v) is 3.13. The molecular formula is C14H19F2N. The van der Waals surface area contributed by atoms with Crippen LogP contribution in [0.1, 0.15) is 43.2 Å². The molecule has 1 aromatic rings. The lowest BCUT2D eigenvalue weighted by molar-refractivity contribution is 0.151. The number of unbranched alkanes of at least 4 members (excludes halogenated alkanes) is 1. The zero-order valence-corrected chi connectivity index (χ0v) is 9.96. The summed E-state index contributed by atoms with van der Waals surface area (Å²) in [7, 11) is 0. The summed E-state index contributed by atoms with van der Waals surface area (Å²) in [6.07, 6.45) is 3.56. The molecule has 0 unspecified atom stereocenters. The molecule has 3 heteroatoms. The van der Waals surface area contributed by atoms with Crippen LogP contribution >= 0.6 is 0 Å². The first-order valence-corrected chi connectivity index (χ1v) is 6.36. The van der Waals surface area contributed by atoms with E-state index in [0.717, 1.165) is 37.4 Å². The number of aryl methyl sites for hydroxylation is 1. The summed E-state index contributed by atoms with van der Waals surface area (Å²) >= 11 is 0. The van der Waals surface area contributed by atoms with Crippen LogP contribution in [0.15, 0.2) is 24.3 Å². The summed E-state index contributed by atoms with van der Waals surface area (Å²) in [5, 5.41) is 3.47. The number of nitrogens with one attached hydrogen (secondary N) is 1. The second-order valence-electron chi connectivity index (χ2n) is 4.73. The Morgan fingerprint density at radius 3 is 2.41 bits per heavy atom. The number of benzene rings is 1. The Kier molecular flexibility index (Phi) is 4.49. The molecule has 17 heavy (non-hydrogen) atoms. The van der Waals surface area contributed by atoms with Gasteiger partial charge in [0.15, 0.2) is 0 Å². The van der Waals surface area contributed by atoms with Gasteiger partial charge in [0.25, 0.3) is 6.43 Å². The number of hydrogen-bond acceptors (Lipinski definition) is 1. The summed E-state index contributed by atoms with van der Waals surface area (Å²) < 4.78 is 24.6. The maximum Gasteiger partial charge on any atom is 0.263 e. The van der Waals surface area contributed by atoms with E-state index in [1.165, 1.54) is 25.0 Å². The van der Waals surface area contributed by atoms with Gasteiger partial charge in [0.05, 0.1) is 0 Å².